The molecule has 6 heteroatoms. The zero-order chi connectivity index (χ0) is 18.7. The number of carbonyl (C=O) groups is 1. The zero-order valence-electron chi connectivity index (χ0n) is 15.0. The minimum Gasteiger partial charge on any atom is -0.352 e. The van der Waals surface area contributed by atoms with Crippen molar-refractivity contribution < 1.29 is 4.79 Å². The maximum Gasteiger partial charge on any atom is 0.253 e. The normalized spacial score (nSPS) is 14.2. The van der Waals surface area contributed by atoms with E-state index in [9.17, 15) is 4.79 Å². The van der Waals surface area contributed by atoms with Gasteiger partial charge in [0.2, 0.25) is 0 Å². The van der Waals surface area contributed by atoms with E-state index in [0.717, 1.165) is 12.1 Å². The van der Waals surface area contributed by atoms with Crippen molar-refractivity contribution in [1.29, 1.82) is 0 Å². The van der Waals surface area contributed by atoms with E-state index in [4.69, 9.17) is 23.2 Å². The van der Waals surface area contributed by atoms with Crippen molar-refractivity contribution in [2.75, 3.05) is 11.9 Å². The predicted molar refractivity (Wildman–Crippen MR) is 108 cm³/mol. The molecule has 2 aromatic rings. The first-order valence-electron chi connectivity index (χ1n) is 8.95. The van der Waals surface area contributed by atoms with E-state index in [-0.39, 0.29) is 11.8 Å². The van der Waals surface area contributed by atoms with E-state index < -0.39 is 0 Å². The van der Waals surface area contributed by atoms with Crippen LogP contribution in [-0.4, -0.2) is 17.4 Å². The molecule has 1 aromatic carbocycles. The van der Waals surface area contributed by atoms with Gasteiger partial charge in [0, 0.05) is 12.7 Å². The highest BCUT2D eigenvalue weighted by Crippen LogP contribution is 2.32. The van der Waals surface area contributed by atoms with Gasteiger partial charge in [-0.05, 0) is 48.4 Å². The number of hydrogen-bond donors (Lipinski definition) is 2. The van der Waals surface area contributed by atoms with Gasteiger partial charge in [0.05, 0.1) is 21.3 Å². The molecule has 0 radical (unpaired) electrons. The summed E-state index contributed by atoms with van der Waals surface area (Å²) < 4.78 is 0. The Morgan fingerprint density at radius 3 is 2.73 bits per heavy atom. The molecule has 3 rings (SSSR count). The van der Waals surface area contributed by atoms with E-state index in [1.165, 1.54) is 19.3 Å². The molecule has 138 valence electrons. The summed E-state index contributed by atoms with van der Waals surface area (Å²) in [6, 6.07) is 7.30. The smallest absolute Gasteiger partial charge is 0.253 e. The van der Waals surface area contributed by atoms with Gasteiger partial charge in [0.25, 0.3) is 5.91 Å². The molecule has 0 atom stereocenters. The van der Waals surface area contributed by atoms with Gasteiger partial charge in [-0.2, -0.15) is 0 Å². The Morgan fingerprint density at radius 2 is 2.08 bits per heavy atom. The highest BCUT2D eigenvalue weighted by molar-refractivity contribution is 6.43. The molecule has 1 heterocycles. The molecule has 1 aliphatic rings. The zero-order valence-corrected chi connectivity index (χ0v) is 16.5. The molecule has 26 heavy (non-hydrogen) atoms. The van der Waals surface area contributed by atoms with E-state index in [2.05, 4.69) is 29.5 Å². The van der Waals surface area contributed by atoms with E-state index in [1.807, 2.05) is 18.2 Å². The molecule has 0 saturated heterocycles. The standard InChI is InChI=1S/C20H23Cl2N3O/c1-12(2)14-9-18(25-17-8-4-7-16(21)19(17)22)23-11-15(14)20(26)24-10-13-5-3-6-13/h4,7-9,11-13H,3,5-6,10H2,1-2H3,(H,23,25)(H,24,26). The second-order valence-corrected chi connectivity index (χ2v) is 7.83. The van der Waals surface area contributed by atoms with Gasteiger partial charge in [0.1, 0.15) is 5.82 Å². The Balaban J connectivity index is 1.79. The second kappa shape index (κ2) is 8.28. The molecule has 1 aromatic heterocycles. The van der Waals surface area contributed by atoms with Gasteiger partial charge < -0.3 is 10.6 Å². The Bertz CT molecular complexity index is 804. The lowest BCUT2D eigenvalue weighted by Crippen LogP contribution is -2.32. The third-order valence-electron chi connectivity index (χ3n) is 4.79. The monoisotopic (exact) mass is 391 g/mol. The van der Waals surface area contributed by atoms with Crippen LogP contribution in [0.25, 0.3) is 0 Å². The summed E-state index contributed by atoms with van der Waals surface area (Å²) in [4.78, 5) is 17.0. The number of nitrogens with one attached hydrogen (secondary N) is 2. The van der Waals surface area contributed by atoms with Crippen molar-refractivity contribution in [1.82, 2.24) is 10.3 Å². The van der Waals surface area contributed by atoms with Crippen LogP contribution in [0.4, 0.5) is 11.5 Å². The summed E-state index contributed by atoms with van der Waals surface area (Å²) in [7, 11) is 0. The summed E-state index contributed by atoms with van der Waals surface area (Å²) in [5, 5.41) is 7.16. The number of aromatic nitrogens is 1. The fourth-order valence-corrected chi connectivity index (χ4v) is 3.32. The largest absolute Gasteiger partial charge is 0.352 e. The van der Waals surface area contributed by atoms with Crippen LogP contribution in [0.1, 0.15) is 54.9 Å². The van der Waals surface area contributed by atoms with Crippen molar-refractivity contribution >= 4 is 40.6 Å². The highest BCUT2D eigenvalue weighted by Gasteiger charge is 2.20. The maximum atomic E-state index is 12.6. The molecule has 1 fully saturated rings. The van der Waals surface area contributed by atoms with Crippen LogP contribution < -0.4 is 10.6 Å². The minimum atomic E-state index is -0.0552. The summed E-state index contributed by atoms with van der Waals surface area (Å²) in [5.74, 6) is 1.40. The molecule has 1 aliphatic carbocycles. The third-order valence-corrected chi connectivity index (χ3v) is 5.61. The van der Waals surface area contributed by atoms with Crippen molar-refractivity contribution in [2.24, 2.45) is 5.92 Å². The van der Waals surface area contributed by atoms with Gasteiger partial charge >= 0.3 is 0 Å². The van der Waals surface area contributed by atoms with Crippen LogP contribution in [0.3, 0.4) is 0 Å². The summed E-state index contributed by atoms with van der Waals surface area (Å²) in [5.41, 5.74) is 2.26. The quantitative estimate of drug-likeness (QED) is 0.655. The predicted octanol–water partition coefficient (Wildman–Crippen LogP) is 5.79. The van der Waals surface area contributed by atoms with Crippen molar-refractivity contribution in [2.45, 2.75) is 39.0 Å². The Morgan fingerprint density at radius 1 is 1.31 bits per heavy atom. The molecule has 4 nitrogen and oxygen atoms in total. The molecule has 0 spiro atoms. The Labute approximate surface area is 164 Å². The number of pyridine rings is 1. The van der Waals surface area contributed by atoms with Crippen LogP contribution >= 0.6 is 23.2 Å². The highest BCUT2D eigenvalue weighted by atomic mass is 35.5. The number of nitrogens with zero attached hydrogens (tertiary/aromatic N) is 1. The number of carbonyl (C=O) groups excluding carboxylic acids is 1. The lowest BCUT2D eigenvalue weighted by Gasteiger charge is -2.25. The van der Waals surface area contributed by atoms with Crippen LogP contribution in [0.15, 0.2) is 30.5 Å². The van der Waals surface area contributed by atoms with E-state index in [1.54, 1.807) is 12.3 Å². The van der Waals surface area contributed by atoms with Crippen LogP contribution in [0.2, 0.25) is 10.0 Å². The van der Waals surface area contributed by atoms with Crippen LogP contribution in [0.5, 0.6) is 0 Å². The molecule has 0 bridgehead atoms. The van der Waals surface area contributed by atoms with Gasteiger partial charge in [0.15, 0.2) is 0 Å². The first-order chi connectivity index (χ1) is 12.5. The molecule has 2 N–H and O–H groups in total. The first kappa shape index (κ1) is 19.0. The average molecular weight is 392 g/mol. The Hall–Kier alpha value is -1.78. The number of hydrogen-bond acceptors (Lipinski definition) is 3. The molecular weight excluding hydrogens is 369 g/mol. The summed E-state index contributed by atoms with van der Waals surface area (Å²) >= 11 is 12.3. The van der Waals surface area contributed by atoms with E-state index >= 15 is 0 Å². The summed E-state index contributed by atoms with van der Waals surface area (Å²) in [6.07, 6.45) is 5.32. The molecule has 0 unspecified atom stereocenters. The minimum absolute atomic E-state index is 0.0552. The van der Waals surface area contributed by atoms with Crippen LogP contribution in [-0.2, 0) is 0 Å². The number of amides is 1. The molecule has 1 amide bonds. The van der Waals surface area contributed by atoms with E-state index in [0.29, 0.717) is 33.0 Å². The number of halogens is 2. The first-order valence-corrected chi connectivity index (χ1v) is 9.70. The molecule has 0 aliphatic heterocycles. The molecule has 1 saturated carbocycles. The summed E-state index contributed by atoms with van der Waals surface area (Å²) in [6.45, 7) is 4.87. The fraction of sp³-hybridized carbons (Fsp3) is 0.400. The van der Waals surface area contributed by atoms with Crippen LogP contribution in [0, 0.1) is 5.92 Å². The van der Waals surface area contributed by atoms with Crippen molar-refractivity contribution in [3.8, 4) is 0 Å². The second-order valence-electron chi connectivity index (χ2n) is 7.04. The molecular formula is C20H23Cl2N3O. The van der Waals surface area contributed by atoms with Gasteiger partial charge in [-0.3, -0.25) is 4.79 Å². The maximum absolute atomic E-state index is 12.6. The van der Waals surface area contributed by atoms with Crippen molar-refractivity contribution in [3.63, 3.8) is 0 Å². The lowest BCUT2D eigenvalue weighted by atomic mass is 9.85. The third kappa shape index (κ3) is 4.30. The van der Waals surface area contributed by atoms with Gasteiger partial charge in [-0.15, -0.1) is 0 Å². The fourth-order valence-electron chi connectivity index (χ4n) is 2.97. The number of anilines is 2. The van der Waals surface area contributed by atoms with Crippen molar-refractivity contribution in [3.05, 3.63) is 51.6 Å². The topological polar surface area (TPSA) is 54.0 Å². The average Bonchev–Trinajstić information content (AvgIpc) is 2.57. The van der Waals surface area contributed by atoms with Gasteiger partial charge in [-0.25, -0.2) is 4.98 Å². The number of benzene rings is 1. The number of rotatable bonds is 6. The Kier molecular flexibility index (Phi) is 6.05. The van der Waals surface area contributed by atoms with Gasteiger partial charge in [-0.1, -0.05) is 49.5 Å². The lowest BCUT2D eigenvalue weighted by molar-refractivity contribution is 0.0937. The SMILES string of the molecule is CC(C)c1cc(Nc2cccc(Cl)c2Cl)ncc1C(=O)NCC1CCC1.